The number of aromatic carboxylic acids is 1. The van der Waals surface area contributed by atoms with Gasteiger partial charge in [0.15, 0.2) is 0 Å². The van der Waals surface area contributed by atoms with Gasteiger partial charge in [-0.05, 0) is 61.0 Å². The van der Waals surface area contributed by atoms with Crippen LogP contribution < -0.4 is 19.7 Å². The molecule has 2 aromatic heterocycles. The molecule has 1 aliphatic heterocycles. The minimum absolute atomic E-state index is 0.210. The lowest BCUT2D eigenvalue weighted by Crippen LogP contribution is -2.43. The van der Waals surface area contributed by atoms with Crippen LogP contribution in [0, 0.1) is 6.92 Å². The zero-order valence-corrected chi connectivity index (χ0v) is 26.8. The molecule has 0 amide bonds. The van der Waals surface area contributed by atoms with E-state index in [0.717, 1.165) is 87.4 Å². The summed E-state index contributed by atoms with van der Waals surface area (Å²) in [6, 6.07) is 28.4. The standard InChI is InChI=1S/C38H39N5O4/c1-25-35(33(41-42(25)2)24-47-28-17-15-27(16-18-28)43-21-19-39-20-22-43)32-12-6-11-30-31(37(38(44)45)40-36(30)32)13-7-23-46-34-14-5-9-26-8-3-4-10-29(26)34/h3-6,8-12,14-18,39-40H,7,13,19-24H2,1-2H3,(H,44,45). The maximum atomic E-state index is 12.5. The summed E-state index contributed by atoms with van der Waals surface area (Å²) >= 11 is 0. The zero-order chi connectivity index (χ0) is 32.3. The Bertz CT molecular complexity index is 2030. The number of carboxylic acid groups (broad SMARTS) is 1. The highest BCUT2D eigenvalue weighted by molar-refractivity contribution is 6.03. The molecule has 0 atom stereocenters. The molecule has 3 N–H and O–H groups in total. The van der Waals surface area contributed by atoms with Crippen LogP contribution in [0.5, 0.6) is 11.5 Å². The number of para-hydroxylation sites is 1. The van der Waals surface area contributed by atoms with Gasteiger partial charge in [0, 0.05) is 66.5 Å². The van der Waals surface area contributed by atoms with Crippen LogP contribution in [0.1, 0.15) is 33.9 Å². The van der Waals surface area contributed by atoms with Gasteiger partial charge in [0.05, 0.1) is 12.1 Å². The summed E-state index contributed by atoms with van der Waals surface area (Å²) in [5.41, 5.74) is 6.58. The number of rotatable bonds is 11. The predicted molar refractivity (Wildman–Crippen MR) is 186 cm³/mol. The van der Waals surface area contributed by atoms with Crippen molar-refractivity contribution in [2.24, 2.45) is 7.05 Å². The number of H-pyrrole nitrogens is 1. The zero-order valence-electron chi connectivity index (χ0n) is 26.8. The van der Waals surface area contributed by atoms with Crippen molar-refractivity contribution in [1.29, 1.82) is 0 Å². The summed E-state index contributed by atoms with van der Waals surface area (Å²) in [6.07, 6.45) is 1.22. The first-order valence-corrected chi connectivity index (χ1v) is 16.2. The van der Waals surface area contributed by atoms with Crippen LogP contribution in [0.3, 0.4) is 0 Å². The second-order valence-corrected chi connectivity index (χ2v) is 12.0. The van der Waals surface area contributed by atoms with E-state index < -0.39 is 5.97 Å². The number of carboxylic acids is 1. The van der Waals surface area contributed by atoms with E-state index in [9.17, 15) is 9.90 Å². The van der Waals surface area contributed by atoms with Crippen molar-refractivity contribution < 1.29 is 19.4 Å². The number of piperazine rings is 1. The number of nitrogens with one attached hydrogen (secondary N) is 2. The van der Waals surface area contributed by atoms with Crippen LogP contribution in [-0.4, -0.2) is 58.6 Å². The largest absolute Gasteiger partial charge is 0.493 e. The van der Waals surface area contributed by atoms with Gasteiger partial charge in [-0.25, -0.2) is 4.79 Å². The lowest BCUT2D eigenvalue weighted by molar-refractivity contribution is 0.0690. The Labute approximate surface area is 273 Å². The maximum Gasteiger partial charge on any atom is 0.352 e. The number of hydrogen-bond acceptors (Lipinski definition) is 6. The minimum Gasteiger partial charge on any atom is -0.493 e. The van der Waals surface area contributed by atoms with Gasteiger partial charge >= 0.3 is 5.97 Å². The second-order valence-electron chi connectivity index (χ2n) is 12.0. The molecule has 0 radical (unpaired) electrons. The Morgan fingerprint density at radius 1 is 0.915 bits per heavy atom. The molecule has 4 aromatic carbocycles. The number of aromatic nitrogens is 3. The number of aryl methyl sites for hydroxylation is 2. The fourth-order valence-electron chi connectivity index (χ4n) is 6.63. The van der Waals surface area contributed by atoms with Gasteiger partial charge < -0.3 is 29.8 Å². The number of benzene rings is 4. The van der Waals surface area contributed by atoms with E-state index in [2.05, 4.69) is 45.5 Å². The number of carbonyl (C=O) groups is 1. The monoisotopic (exact) mass is 629 g/mol. The lowest BCUT2D eigenvalue weighted by Gasteiger charge is -2.29. The van der Waals surface area contributed by atoms with Gasteiger partial charge in [-0.1, -0.05) is 54.6 Å². The van der Waals surface area contributed by atoms with Gasteiger partial charge in [0.25, 0.3) is 0 Å². The first-order chi connectivity index (χ1) is 23.0. The van der Waals surface area contributed by atoms with Gasteiger partial charge in [-0.3, -0.25) is 4.68 Å². The Morgan fingerprint density at radius 3 is 2.47 bits per heavy atom. The highest BCUT2D eigenvalue weighted by atomic mass is 16.5. The minimum atomic E-state index is -0.979. The van der Waals surface area contributed by atoms with Crippen molar-refractivity contribution in [2.75, 3.05) is 37.7 Å². The van der Waals surface area contributed by atoms with Crippen LogP contribution in [-0.2, 0) is 20.1 Å². The quantitative estimate of drug-likeness (QED) is 0.137. The lowest BCUT2D eigenvalue weighted by atomic mass is 9.98. The highest BCUT2D eigenvalue weighted by Gasteiger charge is 2.23. The smallest absolute Gasteiger partial charge is 0.352 e. The summed E-state index contributed by atoms with van der Waals surface area (Å²) < 4.78 is 14.3. The fourth-order valence-corrected chi connectivity index (χ4v) is 6.63. The second kappa shape index (κ2) is 13.2. The maximum absolute atomic E-state index is 12.5. The Balaban J connectivity index is 1.12. The molecule has 0 bridgehead atoms. The number of hydrogen-bond donors (Lipinski definition) is 3. The average Bonchev–Trinajstić information content (AvgIpc) is 3.62. The van der Waals surface area contributed by atoms with Crippen LogP contribution in [0.25, 0.3) is 32.8 Å². The topological polar surface area (TPSA) is 105 Å². The average molecular weight is 630 g/mol. The molecule has 7 rings (SSSR count). The molecule has 1 saturated heterocycles. The van der Waals surface area contributed by atoms with Gasteiger partial charge in [0.2, 0.25) is 0 Å². The van der Waals surface area contributed by atoms with Crippen molar-refractivity contribution in [3.63, 3.8) is 0 Å². The van der Waals surface area contributed by atoms with Crippen molar-refractivity contribution in [1.82, 2.24) is 20.1 Å². The first-order valence-electron chi connectivity index (χ1n) is 16.2. The van der Waals surface area contributed by atoms with E-state index in [4.69, 9.17) is 14.6 Å². The predicted octanol–water partition coefficient (Wildman–Crippen LogP) is 6.73. The summed E-state index contributed by atoms with van der Waals surface area (Å²) in [7, 11) is 1.92. The molecule has 9 nitrogen and oxygen atoms in total. The highest BCUT2D eigenvalue weighted by Crippen LogP contribution is 2.36. The molecule has 240 valence electrons. The van der Waals surface area contributed by atoms with E-state index in [1.807, 2.05) is 73.3 Å². The third kappa shape index (κ3) is 6.14. The Morgan fingerprint density at radius 2 is 1.66 bits per heavy atom. The van der Waals surface area contributed by atoms with Crippen LogP contribution >= 0.6 is 0 Å². The molecule has 3 heterocycles. The Hall–Kier alpha value is -5.28. The summed E-state index contributed by atoms with van der Waals surface area (Å²) in [6.45, 7) is 6.74. The third-order valence-electron chi connectivity index (χ3n) is 9.10. The van der Waals surface area contributed by atoms with Crippen molar-refractivity contribution in [3.8, 4) is 22.6 Å². The number of aromatic amines is 1. The van der Waals surface area contributed by atoms with Crippen LogP contribution in [0.4, 0.5) is 5.69 Å². The van der Waals surface area contributed by atoms with Gasteiger partial charge in [-0.15, -0.1) is 0 Å². The van der Waals surface area contributed by atoms with Crippen molar-refractivity contribution in [2.45, 2.75) is 26.4 Å². The van der Waals surface area contributed by atoms with Gasteiger partial charge in [0.1, 0.15) is 29.5 Å². The molecule has 0 aliphatic carbocycles. The fraction of sp³-hybridized carbons (Fsp3) is 0.263. The van der Waals surface area contributed by atoms with E-state index in [0.29, 0.717) is 19.4 Å². The van der Waals surface area contributed by atoms with E-state index in [-0.39, 0.29) is 12.3 Å². The van der Waals surface area contributed by atoms with Crippen molar-refractivity contribution in [3.05, 3.63) is 108 Å². The summed E-state index contributed by atoms with van der Waals surface area (Å²) in [5.74, 6) is 0.630. The molecular weight excluding hydrogens is 590 g/mol. The molecule has 0 spiro atoms. The molecule has 1 fully saturated rings. The van der Waals surface area contributed by atoms with Crippen molar-refractivity contribution >= 4 is 33.3 Å². The summed E-state index contributed by atoms with van der Waals surface area (Å²) in [5, 5.41) is 21.5. The molecular formula is C38H39N5O4. The van der Waals surface area contributed by atoms with E-state index in [1.165, 1.54) is 5.69 Å². The number of nitrogens with zero attached hydrogens (tertiary/aromatic N) is 3. The number of fused-ring (bicyclic) bond motifs is 2. The third-order valence-corrected chi connectivity index (χ3v) is 9.10. The molecule has 0 saturated carbocycles. The van der Waals surface area contributed by atoms with E-state index >= 15 is 0 Å². The van der Waals surface area contributed by atoms with Crippen LogP contribution in [0.15, 0.2) is 84.9 Å². The van der Waals surface area contributed by atoms with Crippen LogP contribution in [0.2, 0.25) is 0 Å². The molecule has 9 heteroatoms. The SMILES string of the molecule is Cc1c(-c2cccc3c(CCCOc4cccc5ccccc45)c(C(=O)O)[nH]c23)c(COc2ccc(N3CCNCC3)cc2)nn1C. The Kier molecular flexibility index (Phi) is 8.54. The normalized spacial score (nSPS) is 13.4. The molecule has 0 unspecified atom stereocenters. The molecule has 1 aliphatic rings. The first kappa shape index (κ1) is 30.4. The molecule has 6 aromatic rings. The molecule has 47 heavy (non-hydrogen) atoms. The number of anilines is 1. The van der Waals surface area contributed by atoms with E-state index in [1.54, 1.807) is 0 Å². The van der Waals surface area contributed by atoms with Gasteiger partial charge in [-0.2, -0.15) is 5.10 Å². The number of ether oxygens (including phenoxy) is 2. The summed E-state index contributed by atoms with van der Waals surface area (Å²) in [4.78, 5) is 18.1.